The van der Waals surface area contributed by atoms with E-state index < -0.39 is 0 Å². The smallest absolute Gasteiger partial charge is 0.201 e. The Labute approximate surface area is 109 Å². The molecule has 0 saturated heterocycles. The van der Waals surface area contributed by atoms with Crippen molar-refractivity contribution in [3.8, 4) is 0 Å². The van der Waals surface area contributed by atoms with Crippen LogP contribution in [0.3, 0.4) is 0 Å². The van der Waals surface area contributed by atoms with Crippen LogP contribution in [0.2, 0.25) is 0 Å². The van der Waals surface area contributed by atoms with Crippen LogP contribution in [-0.4, -0.2) is 9.55 Å². The number of rotatable bonds is 5. The second kappa shape index (κ2) is 5.42. The Hall–Kier alpha value is -1.51. The number of fused-ring (bicyclic) bond motifs is 1. The van der Waals surface area contributed by atoms with Crippen molar-refractivity contribution in [2.75, 3.05) is 5.73 Å². The number of nitrogen functional groups attached to an aromatic ring is 1. The van der Waals surface area contributed by atoms with Gasteiger partial charge in [-0.3, -0.25) is 0 Å². The minimum Gasteiger partial charge on any atom is -0.369 e. The van der Waals surface area contributed by atoms with Crippen molar-refractivity contribution in [1.82, 2.24) is 9.55 Å². The average Bonchev–Trinajstić information content (AvgIpc) is 2.62. The number of imidazole rings is 1. The fourth-order valence-corrected chi connectivity index (χ4v) is 2.43. The van der Waals surface area contributed by atoms with Gasteiger partial charge in [-0.05, 0) is 30.9 Å². The highest BCUT2D eigenvalue weighted by Crippen LogP contribution is 2.22. The normalized spacial score (nSPS) is 11.6. The SMILES string of the molecule is Cc1cccc2nc(N)n(CCCCC(C)C)c12. The predicted octanol–water partition coefficient (Wildman–Crippen LogP) is 3.75. The lowest BCUT2D eigenvalue weighted by Gasteiger charge is -2.09. The third-order valence-electron chi connectivity index (χ3n) is 3.41. The summed E-state index contributed by atoms with van der Waals surface area (Å²) in [6.45, 7) is 7.63. The molecule has 0 aliphatic rings. The van der Waals surface area contributed by atoms with E-state index in [4.69, 9.17) is 5.73 Å². The lowest BCUT2D eigenvalue weighted by atomic mass is 10.1. The zero-order valence-electron chi connectivity index (χ0n) is 11.6. The minimum absolute atomic E-state index is 0.642. The molecular weight excluding hydrogens is 222 g/mol. The van der Waals surface area contributed by atoms with Crippen molar-refractivity contribution >= 4 is 17.0 Å². The average molecular weight is 245 g/mol. The molecule has 0 aliphatic heterocycles. The highest BCUT2D eigenvalue weighted by atomic mass is 15.1. The number of unbranched alkanes of at least 4 members (excludes halogenated alkanes) is 1. The van der Waals surface area contributed by atoms with Gasteiger partial charge in [-0.15, -0.1) is 0 Å². The van der Waals surface area contributed by atoms with Crippen molar-refractivity contribution in [3.63, 3.8) is 0 Å². The van der Waals surface area contributed by atoms with Gasteiger partial charge in [0.1, 0.15) is 0 Å². The Morgan fingerprint density at radius 1 is 1.28 bits per heavy atom. The summed E-state index contributed by atoms with van der Waals surface area (Å²) < 4.78 is 2.16. The number of nitrogens with zero attached hydrogens (tertiary/aromatic N) is 2. The van der Waals surface area contributed by atoms with Crippen LogP contribution in [0.15, 0.2) is 18.2 Å². The largest absolute Gasteiger partial charge is 0.369 e. The molecule has 0 bridgehead atoms. The summed E-state index contributed by atoms with van der Waals surface area (Å²) in [6.07, 6.45) is 3.70. The molecule has 0 spiro atoms. The molecule has 0 amide bonds. The van der Waals surface area contributed by atoms with Gasteiger partial charge in [0, 0.05) is 6.54 Å². The highest BCUT2D eigenvalue weighted by Gasteiger charge is 2.09. The predicted molar refractivity (Wildman–Crippen MR) is 77.6 cm³/mol. The first-order chi connectivity index (χ1) is 8.59. The van der Waals surface area contributed by atoms with E-state index in [1.54, 1.807) is 0 Å². The van der Waals surface area contributed by atoms with Gasteiger partial charge in [-0.25, -0.2) is 4.98 Å². The van der Waals surface area contributed by atoms with Gasteiger partial charge in [0.05, 0.1) is 11.0 Å². The molecular formula is C15H23N3. The summed E-state index contributed by atoms with van der Waals surface area (Å²) in [5, 5.41) is 0. The van der Waals surface area contributed by atoms with Crippen LogP contribution in [0.25, 0.3) is 11.0 Å². The first kappa shape index (κ1) is 12.9. The number of hydrogen-bond acceptors (Lipinski definition) is 2. The van der Waals surface area contributed by atoms with Crippen LogP contribution in [0.1, 0.15) is 38.7 Å². The topological polar surface area (TPSA) is 43.8 Å². The van der Waals surface area contributed by atoms with E-state index in [0.29, 0.717) is 5.95 Å². The summed E-state index contributed by atoms with van der Waals surface area (Å²) >= 11 is 0. The fraction of sp³-hybridized carbons (Fsp3) is 0.533. The van der Waals surface area contributed by atoms with Crippen LogP contribution in [-0.2, 0) is 6.54 Å². The quantitative estimate of drug-likeness (QED) is 0.815. The number of hydrogen-bond donors (Lipinski definition) is 1. The third-order valence-corrected chi connectivity index (χ3v) is 3.41. The van der Waals surface area contributed by atoms with Crippen LogP contribution < -0.4 is 5.73 Å². The summed E-state index contributed by atoms with van der Waals surface area (Å²) in [4.78, 5) is 4.43. The molecule has 0 radical (unpaired) electrons. The van der Waals surface area contributed by atoms with E-state index >= 15 is 0 Å². The van der Waals surface area contributed by atoms with Crippen LogP contribution >= 0.6 is 0 Å². The number of aromatic nitrogens is 2. The Balaban J connectivity index is 2.15. The molecule has 2 N–H and O–H groups in total. The molecule has 2 aromatic rings. The van der Waals surface area contributed by atoms with Crippen molar-refractivity contribution in [2.45, 2.75) is 46.6 Å². The van der Waals surface area contributed by atoms with Crippen molar-refractivity contribution in [1.29, 1.82) is 0 Å². The van der Waals surface area contributed by atoms with Gasteiger partial charge in [0.2, 0.25) is 5.95 Å². The fourth-order valence-electron chi connectivity index (χ4n) is 2.43. The molecule has 3 heteroatoms. The molecule has 0 atom stereocenters. The minimum atomic E-state index is 0.642. The zero-order chi connectivity index (χ0) is 13.1. The molecule has 2 rings (SSSR count). The summed E-state index contributed by atoms with van der Waals surface area (Å²) in [5.74, 6) is 1.42. The summed E-state index contributed by atoms with van der Waals surface area (Å²) in [7, 11) is 0. The summed E-state index contributed by atoms with van der Waals surface area (Å²) in [5.41, 5.74) is 9.47. The Bertz CT molecular complexity index is 526. The Kier molecular flexibility index (Phi) is 3.90. The molecule has 18 heavy (non-hydrogen) atoms. The van der Waals surface area contributed by atoms with Crippen LogP contribution in [0.4, 0.5) is 5.95 Å². The highest BCUT2D eigenvalue weighted by molar-refractivity contribution is 5.81. The second-order valence-electron chi connectivity index (χ2n) is 5.45. The van der Waals surface area contributed by atoms with Gasteiger partial charge in [-0.1, -0.05) is 38.8 Å². The van der Waals surface area contributed by atoms with E-state index in [2.05, 4.69) is 36.4 Å². The van der Waals surface area contributed by atoms with Gasteiger partial charge in [0.25, 0.3) is 0 Å². The standard InChI is InChI=1S/C15H23N3/c1-11(2)7-4-5-10-18-14-12(3)8-6-9-13(14)17-15(18)16/h6,8-9,11H,4-5,7,10H2,1-3H3,(H2,16,17). The van der Waals surface area contributed by atoms with Crippen molar-refractivity contribution < 1.29 is 0 Å². The molecule has 1 aromatic heterocycles. The first-order valence-electron chi connectivity index (χ1n) is 6.81. The Morgan fingerprint density at radius 2 is 2.06 bits per heavy atom. The van der Waals surface area contributed by atoms with Gasteiger partial charge in [-0.2, -0.15) is 0 Å². The number of aryl methyl sites for hydroxylation is 2. The second-order valence-corrected chi connectivity index (χ2v) is 5.45. The molecule has 0 fully saturated rings. The zero-order valence-corrected chi connectivity index (χ0v) is 11.6. The van der Waals surface area contributed by atoms with E-state index in [9.17, 15) is 0 Å². The number of nitrogens with two attached hydrogens (primary N) is 1. The number of benzene rings is 1. The molecule has 0 unspecified atom stereocenters. The molecule has 3 nitrogen and oxygen atoms in total. The molecule has 1 heterocycles. The molecule has 1 aromatic carbocycles. The maximum Gasteiger partial charge on any atom is 0.201 e. The van der Waals surface area contributed by atoms with Crippen molar-refractivity contribution in [3.05, 3.63) is 23.8 Å². The van der Waals surface area contributed by atoms with E-state index in [1.807, 2.05) is 12.1 Å². The number of anilines is 1. The van der Waals surface area contributed by atoms with Crippen molar-refractivity contribution in [2.24, 2.45) is 5.92 Å². The van der Waals surface area contributed by atoms with Crippen LogP contribution in [0.5, 0.6) is 0 Å². The molecule has 0 aliphatic carbocycles. The van der Waals surface area contributed by atoms with Crippen LogP contribution in [0, 0.1) is 12.8 Å². The molecule has 98 valence electrons. The third kappa shape index (κ3) is 2.66. The Morgan fingerprint density at radius 3 is 2.78 bits per heavy atom. The van der Waals surface area contributed by atoms with Gasteiger partial charge < -0.3 is 10.3 Å². The van der Waals surface area contributed by atoms with Gasteiger partial charge >= 0.3 is 0 Å². The first-order valence-corrected chi connectivity index (χ1v) is 6.81. The van der Waals surface area contributed by atoms with E-state index in [0.717, 1.165) is 18.0 Å². The summed E-state index contributed by atoms with van der Waals surface area (Å²) in [6, 6.07) is 6.19. The van der Waals surface area contributed by atoms with E-state index in [-0.39, 0.29) is 0 Å². The van der Waals surface area contributed by atoms with Gasteiger partial charge in [0.15, 0.2) is 0 Å². The maximum absolute atomic E-state index is 6.02. The van der Waals surface area contributed by atoms with E-state index in [1.165, 1.54) is 30.3 Å². The monoisotopic (exact) mass is 245 g/mol. The molecule has 0 saturated carbocycles. The lowest BCUT2D eigenvalue weighted by Crippen LogP contribution is -2.04. The lowest BCUT2D eigenvalue weighted by molar-refractivity contribution is 0.514. The maximum atomic E-state index is 6.02. The number of para-hydroxylation sites is 1.